The monoisotopic (exact) mass is 167 g/mol. The van der Waals surface area contributed by atoms with Gasteiger partial charge in [0.15, 0.2) is 0 Å². The van der Waals surface area contributed by atoms with Crippen LogP contribution in [0.15, 0.2) is 29.3 Å². The molecule has 0 N–H and O–H groups in total. The first-order valence-corrected chi connectivity index (χ1v) is 4.18. The highest BCUT2D eigenvalue weighted by atomic mass is 32.1. The summed E-state index contributed by atoms with van der Waals surface area (Å²) in [5, 5.41) is 2.33. The predicted molar refractivity (Wildman–Crippen MR) is 53.1 cm³/mol. The van der Waals surface area contributed by atoms with E-state index in [1.54, 1.807) is 0 Å². The van der Waals surface area contributed by atoms with Crippen molar-refractivity contribution in [1.82, 2.24) is 0 Å². The Kier molecular flexibility index (Phi) is 8.67. The number of rotatable bonds is 5. The normalized spacial score (nSPS) is 10.6. The van der Waals surface area contributed by atoms with Gasteiger partial charge in [0.25, 0.3) is 0 Å². The summed E-state index contributed by atoms with van der Waals surface area (Å²) in [6.07, 6.45) is 10.3. The van der Waals surface area contributed by atoms with Crippen molar-refractivity contribution < 1.29 is 0 Å². The summed E-state index contributed by atoms with van der Waals surface area (Å²) in [6.45, 7) is 2.86. The van der Waals surface area contributed by atoms with Gasteiger partial charge in [0.05, 0.1) is 11.7 Å². The molecule has 2 heteroatoms. The van der Waals surface area contributed by atoms with Crippen LogP contribution in [0.1, 0.15) is 19.8 Å². The van der Waals surface area contributed by atoms with Gasteiger partial charge >= 0.3 is 0 Å². The number of isothiocyanates is 1. The van der Waals surface area contributed by atoms with Crippen LogP contribution in [0.4, 0.5) is 0 Å². The van der Waals surface area contributed by atoms with Crippen molar-refractivity contribution in [3.05, 3.63) is 24.3 Å². The van der Waals surface area contributed by atoms with Crippen LogP contribution >= 0.6 is 12.2 Å². The lowest BCUT2D eigenvalue weighted by Crippen LogP contribution is -1.72. The topological polar surface area (TPSA) is 12.4 Å². The number of allylic oxidation sites excluding steroid dienone is 3. The fourth-order valence-electron chi connectivity index (χ4n) is 0.574. The molecule has 60 valence electrons. The minimum absolute atomic E-state index is 0.750. The Balaban J connectivity index is 3.29. The molecule has 0 spiro atoms. The number of hydrogen-bond donors (Lipinski definition) is 0. The zero-order chi connectivity index (χ0) is 8.36. The van der Waals surface area contributed by atoms with Crippen molar-refractivity contribution in [2.24, 2.45) is 4.99 Å². The van der Waals surface area contributed by atoms with Crippen LogP contribution < -0.4 is 0 Å². The van der Waals surface area contributed by atoms with Crippen molar-refractivity contribution in [1.29, 1.82) is 0 Å². The van der Waals surface area contributed by atoms with Crippen LogP contribution in [0.5, 0.6) is 0 Å². The molecule has 0 aliphatic rings. The Morgan fingerprint density at radius 3 is 2.73 bits per heavy atom. The van der Waals surface area contributed by atoms with E-state index in [0.29, 0.717) is 0 Å². The number of aliphatic imine (C=N–C) groups is 1. The average molecular weight is 167 g/mol. The molecule has 0 unspecified atom stereocenters. The van der Waals surface area contributed by atoms with Crippen molar-refractivity contribution in [2.75, 3.05) is 6.54 Å². The summed E-state index contributed by atoms with van der Waals surface area (Å²) < 4.78 is 0. The van der Waals surface area contributed by atoms with Crippen LogP contribution in [0.2, 0.25) is 0 Å². The minimum atomic E-state index is 0.750. The Morgan fingerprint density at radius 1 is 1.36 bits per heavy atom. The third-order valence-corrected chi connectivity index (χ3v) is 1.22. The van der Waals surface area contributed by atoms with Crippen molar-refractivity contribution in [3.63, 3.8) is 0 Å². The van der Waals surface area contributed by atoms with Gasteiger partial charge in [-0.2, -0.15) is 0 Å². The molecule has 0 amide bonds. The second kappa shape index (κ2) is 9.28. The lowest BCUT2D eigenvalue weighted by atomic mass is 10.3. The summed E-state index contributed by atoms with van der Waals surface area (Å²) >= 11 is 4.42. The molecule has 0 bridgehead atoms. The molecule has 0 aliphatic carbocycles. The number of nitrogens with zero attached hydrogens (tertiary/aromatic N) is 1. The molecule has 0 radical (unpaired) electrons. The van der Waals surface area contributed by atoms with Gasteiger partial charge in [-0.15, -0.1) is 0 Å². The van der Waals surface area contributed by atoms with Crippen molar-refractivity contribution in [2.45, 2.75) is 19.8 Å². The summed E-state index contributed by atoms with van der Waals surface area (Å²) in [6, 6.07) is 0. The zero-order valence-electron chi connectivity index (χ0n) is 6.79. The van der Waals surface area contributed by atoms with Gasteiger partial charge in [-0.05, 0) is 25.1 Å². The van der Waals surface area contributed by atoms with Crippen LogP contribution in [0, 0.1) is 0 Å². The molecule has 0 fully saturated rings. The Bertz CT molecular complexity index is 176. The molecule has 1 nitrogen and oxygen atoms in total. The minimum Gasteiger partial charge on any atom is -0.232 e. The fourth-order valence-corrected chi connectivity index (χ4v) is 0.665. The van der Waals surface area contributed by atoms with E-state index in [-0.39, 0.29) is 0 Å². The van der Waals surface area contributed by atoms with Crippen LogP contribution in [-0.2, 0) is 0 Å². The van der Waals surface area contributed by atoms with Gasteiger partial charge < -0.3 is 0 Å². The summed E-state index contributed by atoms with van der Waals surface area (Å²) in [7, 11) is 0. The van der Waals surface area contributed by atoms with Gasteiger partial charge in [-0.3, -0.25) is 0 Å². The third kappa shape index (κ3) is 9.28. The Hall–Kier alpha value is -0.720. The van der Waals surface area contributed by atoms with E-state index >= 15 is 0 Å². The predicted octanol–water partition coefficient (Wildman–Crippen LogP) is 3.00. The summed E-state index contributed by atoms with van der Waals surface area (Å²) in [5.74, 6) is 0. The molecular formula is C9H13NS. The van der Waals surface area contributed by atoms with E-state index in [1.807, 2.05) is 12.2 Å². The standard InChI is InChI=1S/C9H13NS/c1-2-3-4-5-6-7-8-10-9-11/h3-6H,2,7-8H2,1H3/b4-3-,6-5-. The van der Waals surface area contributed by atoms with E-state index in [2.05, 4.69) is 41.4 Å². The molecule has 0 atom stereocenters. The maximum atomic E-state index is 4.42. The van der Waals surface area contributed by atoms with Gasteiger partial charge in [0.1, 0.15) is 0 Å². The van der Waals surface area contributed by atoms with Crippen molar-refractivity contribution in [3.8, 4) is 0 Å². The summed E-state index contributed by atoms with van der Waals surface area (Å²) in [4.78, 5) is 3.78. The fraction of sp³-hybridized carbons (Fsp3) is 0.444. The van der Waals surface area contributed by atoms with Gasteiger partial charge in [-0.25, -0.2) is 4.99 Å². The van der Waals surface area contributed by atoms with E-state index in [1.165, 1.54) is 0 Å². The van der Waals surface area contributed by atoms with E-state index < -0.39 is 0 Å². The molecule has 0 saturated heterocycles. The molecule has 0 aliphatic heterocycles. The van der Waals surface area contributed by atoms with E-state index in [9.17, 15) is 0 Å². The highest BCUT2D eigenvalue weighted by molar-refractivity contribution is 7.78. The average Bonchev–Trinajstić information content (AvgIpc) is 2.03. The lowest BCUT2D eigenvalue weighted by Gasteiger charge is -1.81. The highest BCUT2D eigenvalue weighted by Gasteiger charge is 1.72. The molecule has 0 aromatic heterocycles. The molecule has 0 heterocycles. The SMILES string of the molecule is CC/C=C\C=C/CCN=C=S. The molecule has 0 saturated carbocycles. The number of thiocarbonyl (C=S) groups is 1. The molecule has 0 aromatic rings. The second-order valence-electron chi connectivity index (χ2n) is 2.03. The quantitative estimate of drug-likeness (QED) is 0.265. The van der Waals surface area contributed by atoms with E-state index in [4.69, 9.17) is 0 Å². The number of hydrogen-bond acceptors (Lipinski definition) is 2. The third-order valence-electron chi connectivity index (χ3n) is 1.09. The molecular weight excluding hydrogens is 154 g/mol. The Labute approximate surface area is 73.5 Å². The van der Waals surface area contributed by atoms with Crippen LogP contribution in [-0.4, -0.2) is 11.7 Å². The molecule has 0 rings (SSSR count). The smallest absolute Gasteiger partial charge is 0.0585 e. The largest absolute Gasteiger partial charge is 0.232 e. The highest BCUT2D eigenvalue weighted by Crippen LogP contribution is 1.86. The molecule has 0 aromatic carbocycles. The van der Waals surface area contributed by atoms with Crippen LogP contribution in [0.25, 0.3) is 0 Å². The Morgan fingerprint density at radius 2 is 2.09 bits per heavy atom. The molecule has 11 heavy (non-hydrogen) atoms. The van der Waals surface area contributed by atoms with Gasteiger partial charge in [-0.1, -0.05) is 31.2 Å². The first kappa shape index (κ1) is 10.3. The zero-order valence-corrected chi connectivity index (χ0v) is 7.60. The van der Waals surface area contributed by atoms with E-state index in [0.717, 1.165) is 19.4 Å². The lowest BCUT2D eigenvalue weighted by molar-refractivity contribution is 1.02. The first-order valence-electron chi connectivity index (χ1n) is 3.77. The maximum absolute atomic E-state index is 4.42. The van der Waals surface area contributed by atoms with Gasteiger partial charge in [0, 0.05) is 0 Å². The summed E-state index contributed by atoms with van der Waals surface area (Å²) in [5.41, 5.74) is 0. The van der Waals surface area contributed by atoms with Crippen LogP contribution in [0.3, 0.4) is 0 Å². The maximum Gasteiger partial charge on any atom is 0.0585 e. The van der Waals surface area contributed by atoms with Crippen molar-refractivity contribution >= 4 is 17.4 Å². The first-order chi connectivity index (χ1) is 5.41. The van der Waals surface area contributed by atoms with Gasteiger partial charge in [0.2, 0.25) is 0 Å². The second-order valence-corrected chi connectivity index (χ2v) is 2.21.